The zero-order valence-corrected chi connectivity index (χ0v) is 17.8. The number of H-pyrrole nitrogens is 2. The van der Waals surface area contributed by atoms with Crippen molar-refractivity contribution in [2.75, 3.05) is 5.32 Å². The minimum atomic E-state index is -3.84. The molecule has 5 rings (SSSR count). The second-order valence-corrected chi connectivity index (χ2v) is 10.4. The van der Waals surface area contributed by atoms with Gasteiger partial charge < -0.3 is 15.3 Å². The van der Waals surface area contributed by atoms with Crippen molar-refractivity contribution < 1.29 is 13.2 Å². The standard InChI is InChI=1S/C21H18N4O4S2/c26-20(22-15-7-8-16-17(11-15)24-21(27)23-16)18-10-13-4-1-2-5-14(13)12-25(18)31(28,29)19-6-3-9-30-19/h1-9,11,18H,10,12H2,(H,22,26)(H2,23,24,27)/t18-/m1/s1. The highest BCUT2D eigenvalue weighted by atomic mass is 32.2. The van der Waals surface area contributed by atoms with Gasteiger partial charge in [-0.05, 0) is 47.2 Å². The van der Waals surface area contributed by atoms with Crippen LogP contribution in [0.1, 0.15) is 11.1 Å². The Bertz CT molecular complexity index is 1440. The zero-order chi connectivity index (χ0) is 21.6. The van der Waals surface area contributed by atoms with E-state index in [1.807, 2.05) is 24.3 Å². The Kier molecular flexibility index (Phi) is 4.77. The predicted molar refractivity (Wildman–Crippen MR) is 119 cm³/mol. The van der Waals surface area contributed by atoms with E-state index in [0.717, 1.165) is 22.5 Å². The van der Waals surface area contributed by atoms with E-state index in [1.54, 1.807) is 35.7 Å². The first-order chi connectivity index (χ1) is 14.9. The summed E-state index contributed by atoms with van der Waals surface area (Å²) in [4.78, 5) is 30.0. The van der Waals surface area contributed by atoms with Gasteiger partial charge in [-0.15, -0.1) is 11.3 Å². The van der Waals surface area contributed by atoms with Gasteiger partial charge in [0.1, 0.15) is 10.3 Å². The Balaban J connectivity index is 1.50. The highest BCUT2D eigenvalue weighted by Gasteiger charge is 2.40. The molecular weight excluding hydrogens is 436 g/mol. The normalized spacial score (nSPS) is 16.8. The van der Waals surface area contributed by atoms with Gasteiger partial charge >= 0.3 is 5.69 Å². The summed E-state index contributed by atoms with van der Waals surface area (Å²) < 4.78 is 28.1. The Morgan fingerprint density at radius 3 is 2.58 bits per heavy atom. The van der Waals surface area contributed by atoms with Crippen LogP contribution in [0.15, 0.2) is 69.0 Å². The molecular formula is C21H18N4O4S2. The maximum Gasteiger partial charge on any atom is 0.323 e. The van der Waals surface area contributed by atoms with Gasteiger partial charge in [-0.2, -0.15) is 4.31 Å². The average molecular weight is 455 g/mol. The number of carbonyl (C=O) groups excluding carboxylic acids is 1. The fourth-order valence-electron chi connectivity index (χ4n) is 3.84. The number of anilines is 1. The number of sulfonamides is 1. The van der Waals surface area contributed by atoms with Crippen LogP contribution in [0.5, 0.6) is 0 Å². The molecule has 0 radical (unpaired) electrons. The first-order valence-electron chi connectivity index (χ1n) is 9.57. The lowest BCUT2D eigenvalue weighted by atomic mass is 9.95. The SMILES string of the molecule is O=C(Nc1ccc2[nH]c(=O)[nH]c2c1)[C@H]1Cc2ccccc2CN1S(=O)(=O)c1cccs1. The molecule has 1 aliphatic rings. The lowest BCUT2D eigenvalue weighted by Crippen LogP contribution is -2.50. The van der Waals surface area contributed by atoms with Gasteiger partial charge in [0.05, 0.1) is 11.0 Å². The third kappa shape index (κ3) is 3.58. The third-order valence-electron chi connectivity index (χ3n) is 5.35. The third-order valence-corrected chi connectivity index (χ3v) is 8.58. The smallest absolute Gasteiger partial charge is 0.323 e. The van der Waals surface area contributed by atoms with Gasteiger partial charge in [0.15, 0.2) is 0 Å². The number of carbonyl (C=O) groups is 1. The summed E-state index contributed by atoms with van der Waals surface area (Å²) in [6.45, 7) is 0.124. The number of nitrogens with one attached hydrogen (secondary N) is 3. The summed E-state index contributed by atoms with van der Waals surface area (Å²) in [5.41, 5.74) is 3.15. The number of nitrogens with zero attached hydrogens (tertiary/aromatic N) is 1. The van der Waals surface area contributed by atoms with Crippen LogP contribution in [-0.4, -0.2) is 34.6 Å². The van der Waals surface area contributed by atoms with Gasteiger partial charge in [-0.3, -0.25) is 4.79 Å². The molecule has 1 atom stereocenters. The number of aromatic amines is 2. The van der Waals surface area contributed by atoms with Gasteiger partial charge in [0.2, 0.25) is 5.91 Å². The molecule has 10 heteroatoms. The van der Waals surface area contributed by atoms with Gasteiger partial charge in [-0.1, -0.05) is 30.3 Å². The number of fused-ring (bicyclic) bond motifs is 2. The fraction of sp³-hybridized carbons (Fsp3) is 0.143. The van der Waals surface area contributed by atoms with Crippen LogP contribution in [0.4, 0.5) is 5.69 Å². The van der Waals surface area contributed by atoms with Gasteiger partial charge in [0.25, 0.3) is 10.0 Å². The lowest BCUT2D eigenvalue weighted by Gasteiger charge is -2.34. The molecule has 3 N–H and O–H groups in total. The molecule has 0 saturated carbocycles. The molecule has 0 saturated heterocycles. The molecule has 2 aromatic carbocycles. The van der Waals surface area contributed by atoms with Crippen molar-refractivity contribution in [3.05, 3.63) is 81.6 Å². The Labute approximate surface area is 181 Å². The quantitative estimate of drug-likeness (QED) is 0.440. The summed E-state index contributed by atoms with van der Waals surface area (Å²) in [7, 11) is -3.84. The number of hydrogen-bond donors (Lipinski definition) is 3. The molecule has 0 bridgehead atoms. The Morgan fingerprint density at radius 2 is 1.81 bits per heavy atom. The number of hydrogen-bond acceptors (Lipinski definition) is 5. The fourth-order valence-corrected chi connectivity index (χ4v) is 6.52. The number of imidazole rings is 1. The summed E-state index contributed by atoms with van der Waals surface area (Å²) in [6.07, 6.45) is 0.274. The first-order valence-corrected chi connectivity index (χ1v) is 11.9. The summed E-state index contributed by atoms with van der Waals surface area (Å²) in [5, 5.41) is 4.51. The zero-order valence-electron chi connectivity index (χ0n) is 16.2. The molecule has 0 spiro atoms. The van der Waals surface area contributed by atoms with E-state index < -0.39 is 22.0 Å². The Morgan fingerprint density at radius 1 is 1.03 bits per heavy atom. The van der Waals surface area contributed by atoms with Crippen molar-refractivity contribution in [2.24, 2.45) is 0 Å². The molecule has 2 aromatic heterocycles. The molecule has 1 amide bonds. The van der Waals surface area contributed by atoms with E-state index in [9.17, 15) is 18.0 Å². The second kappa shape index (κ2) is 7.49. The number of aromatic nitrogens is 2. The van der Waals surface area contributed by atoms with Crippen molar-refractivity contribution in [1.29, 1.82) is 0 Å². The van der Waals surface area contributed by atoms with Crippen molar-refractivity contribution in [3.63, 3.8) is 0 Å². The molecule has 31 heavy (non-hydrogen) atoms. The van der Waals surface area contributed by atoms with Crippen LogP contribution >= 0.6 is 11.3 Å². The van der Waals surface area contributed by atoms with Crippen molar-refractivity contribution in [3.8, 4) is 0 Å². The average Bonchev–Trinajstić information content (AvgIpc) is 3.42. The van der Waals surface area contributed by atoms with Crippen LogP contribution in [-0.2, 0) is 27.8 Å². The highest BCUT2D eigenvalue weighted by Crippen LogP contribution is 2.31. The molecule has 1 aliphatic heterocycles. The molecule has 0 unspecified atom stereocenters. The summed E-state index contributed by atoms with van der Waals surface area (Å²) in [6, 6.07) is 14.9. The topological polar surface area (TPSA) is 115 Å². The maximum absolute atomic E-state index is 13.3. The molecule has 0 aliphatic carbocycles. The van der Waals surface area contributed by atoms with Crippen molar-refractivity contribution in [1.82, 2.24) is 14.3 Å². The first kappa shape index (κ1) is 19.7. The number of thiophene rings is 1. The van der Waals surface area contributed by atoms with Crippen molar-refractivity contribution in [2.45, 2.75) is 23.2 Å². The van der Waals surface area contributed by atoms with E-state index in [2.05, 4.69) is 15.3 Å². The van der Waals surface area contributed by atoms with Crippen LogP contribution in [0, 0.1) is 0 Å². The number of benzene rings is 2. The molecule has 3 heterocycles. The minimum Gasteiger partial charge on any atom is -0.325 e. The van der Waals surface area contributed by atoms with Crippen LogP contribution in [0.3, 0.4) is 0 Å². The monoisotopic (exact) mass is 454 g/mol. The predicted octanol–water partition coefficient (Wildman–Crippen LogP) is 2.67. The summed E-state index contributed by atoms with van der Waals surface area (Å²) in [5.74, 6) is -0.424. The Hall–Kier alpha value is -3.21. The number of rotatable bonds is 4. The van der Waals surface area contributed by atoms with Crippen molar-refractivity contribution >= 4 is 44.0 Å². The largest absolute Gasteiger partial charge is 0.325 e. The molecule has 8 nitrogen and oxygen atoms in total. The van der Waals surface area contributed by atoms with Crippen LogP contribution in [0.2, 0.25) is 0 Å². The van der Waals surface area contributed by atoms with E-state index in [0.29, 0.717) is 16.7 Å². The van der Waals surface area contributed by atoms with Gasteiger partial charge in [0, 0.05) is 12.2 Å². The second-order valence-electron chi connectivity index (χ2n) is 7.30. The molecule has 158 valence electrons. The molecule has 0 fully saturated rings. The summed E-state index contributed by atoms with van der Waals surface area (Å²) >= 11 is 1.13. The lowest BCUT2D eigenvalue weighted by molar-refractivity contribution is -0.120. The van der Waals surface area contributed by atoms with Gasteiger partial charge in [-0.25, -0.2) is 13.2 Å². The highest BCUT2D eigenvalue weighted by molar-refractivity contribution is 7.91. The van der Waals surface area contributed by atoms with E-state index in [-0.39, 0.29) is 22.9 Å². The number of amides is 1. The molecule has 4 aromatic rings. The maximum atomic E-state index is 13.3. The van der Waals surface area contributed by atoms with E-state index >= 15 is 0 Å². The van der Waals surface area contributed by atoms with E-state index in [4.69, 9.17) is 0 Å². The minimum absolute atomic E-state index is 0.124. The van der Waals surface area contributed by atoms with Crippen LogP contribution < -0.4 is 11.0 Å². The van der Waals surface area contributed by atoms with Crippen LogP contribution in [0.25, 0.3) is 11.0 Å². The van der Waals surface area contributed by atoms with E-state index in [1.165, 1.54) is 4.31 Å².